The average molecular weight is 466 g/mol. The highest BCUT2D eigenvalue weighted by atomic mass is 16.5. The number of carbonyl (C=O) groups is 2. The minimum atomic E-state index is -0.883. The Bertz CT molecular complexity index is 1290. The Morgan fingerprint density at radius 3 is 2.62 bits per heavy atom. The molecular weight excluding hydrogens is 438 g/mol. The molecule has 2 heterocycles. The van der Waals surface area contributed by atoms with Gasteiger partial charge >= 0.3 is 5.97 Å². The number of rotatable bonds is 8. The summed E-state index contributed by atoms with van der Waals surface area (Å²) >= 11 is 0. The molecule has 0 unspecified atom stereocenters. The molecule has 9 nitrogen and oxygen atoms in total. The summed E-state index contributed by atoms with van der Waals surface area (Å²) in [5.41, 5.74) is 2.23. The number of amides is 1. The third-order valence-electron chi connectivity index (χ3n) is 5.92. The highest BCUT2D eigenvalue weighted by molar-refractivity contribution is 5.99. The number of fused-ring (bicyclic) bond motifs is 2. The summed E-state index contributed by atoms with van der Waals surface area (Å²) in [6, 6.07) is 11.0. The molecule has 0 fully saturated rings. The van der Waals surface area contributed by atoms with Crippen LogP contribution in [-0.2, 0) is 27.3 Å². The van der Waals surface area contributed by atoms with Crippen LogP contribution in [0, 0.1) is 0 Å². The molecule has 2 aromatic carbocycles. The summed E-state index contributed by atoms with van der Waals surface area (Å²) in [5.74, 6) is 0.206. The van der Waals surface area contributed by atoms with E-state index < -0.39 is 12.1 Å². The van der Waals surface area contributed by atoms with E-state index in [4.69, 9.17) is 14.2 Å². The van der Waals surface area contributed by atoms with Crippen LogP contribution in [0.2, 0.25) is 0 Å². The van der Waals surface area contributed by atoms with Gasteiger partial charge < -0.3 is 19.1 Å². The maximum absolute atomic E-state index is 12.8. The number of hydrogen-bond acceptors (Lipinski definition) is 7. The van der Waals surface area contributed by atoms with Crippen molar-refractivity contribution < 1.29 is 23.8 Å². The van der Waals surface area contributed by atoms with Gasteiger partial charge in [-0.3, -0.25) is 19.0 Å². The fraction of sp³-hybridized carbons (Fsp3) is 0.360. The van der Waals surface area contributed by atoms with Gasteiger partial charge in [-0.2, -0.15) is 0 Å². The van der Waals surface area contributed by atoms with Gasteiger partial charge in [-0.15, -0.1) is 0 Å². The molecule has 0 saturated carbocycles. The zero-order chi connectivity index (χ0) is 24.2. The van der Waals surface area contributed by atoms with Gasteiger partial charge in [-0.05, 0) is 37.5 Å². The smallest absolute Gasteiger partial charge is 0.306 e. The second-order valence-corrected chi connectivity index (χ2v) is 8.07. The molecule has 3 aromatic rings. The number of aryl methyl sites for hydroxylation is 1. The molecule has 1 atom stereocenters. The van der Waals surface area contributed by atoms with E-state index in [1.807, 2.05) is 24.3 Å². The Kier molecular flexibility index (Phi) is 6.81. The van der Waals surface area contributed by atoms with Crippen molar-refractivity contribution in [3.8, 4) is 11.5 Å². The van der Waals surface area contributed by atoms with Crippen LogP contribution in [0.25, 0.3) is 10.9 Å². The first-order valence-corrected chi connectivity index (χ1v) is 11.1. The first-order chi connectivity index (χ1) is 16.4. The first kappa shape index (κ1) is 23.3. The van der Waals surface area contributed by atoms with Gasteiger partial charge in [0.1, 0.15) is 0 Å². The van der Waals surface area contributed by atoms with Gasteiger partial charge in [-0.1, -0.05) is 18.2 Å². The van der Waals surface area contributed by atoms with Crippen LogP contribution >= 0.6 is 0 Å². The Balaban J connectivity index is 1.34. The lowest BCUT2D eigenvalue weighted by Gasteiger charge is -2.21. The van der Waals surface area contributed by atoms with Gasteiger partial charge in [0, 0.05) is 31.3 Å². The lowest BCUT2D eigenvalue weighted by atomic mass is 10.2. The molecule has 4 rings (SSSR count). The van der Waals surface area contributed by atoms with E-state index in [9.17, 15) is 14.4 Å². The van der Waals surface area contributed by atoms with Crippen LogP contribution in [0.15, 0.2) is 47.5 Å². The van der Waals surface area contributed by atoms with E-state index in [1.165, 1.54) is 25.1 Å². The van der Waals surface area contributed by atoms with Crippen molar-refractivity contribution in [2.75, 3.05) is 25.7 Å². The Labute approximate surface area is 196 Å². The van der Waals surface area contributed by atoms with Crippen LogP contribution in [0.4, 0.5) is 5.69 Å². The molecule has 0 spiro atoms. The van der Waals surface area contributed by atoms with Crippen molar-refractivity contribution in [3.63, 3.8) is 0 Å². The van der Waals surface area contributed by atoms with Crippen LogP contribution in [0.5, 0.6) is 11.5 Å². The van der Waals surface area contributed by atoms with E-state index in [0.717, 1.165) is 17.7 Å². The second-order valence-electron chi connectivity index (χ2n) is 8.07. The van der Waals surface area contributed by atoms with E-state index in [-0.39, 0.29) is 24.4 Å². The van der Waals surface area contributed by atoms with Crippen molar-refractivity contribution in [1.29, 1.82) is 0 Å². The van der Waals surface area contributed by atoms with Crippen molar-refractivity contribution in [2.45, 2.75) is 38.8 Å². The monoisotopic (exact) mass is 465 g/mol. The molecule has 0 aliphatic carbocycles. The van der Waals surface area contributed by atoms with E-state index >= 15 is 0 Å². The zero-order valence-electron chi connectivity index (χ0n) is 19.4. The normalized spacial score (nSPS) is 13.4. The topological polar surface area (TPSA) is 100.0 Å². The molecule has 0 saturated heterocycles. The lowest BCUT2D eigenvalue weighted by Crippen LogP contribution is -2.39. The lowest BCUT2D eigenvalue weighted by molar-refractivity contribution is -0.154. The van der Waals surface area contributed by atoms with Gasteiger partial charge in [0.25, 0.3) is 11.5 Å². The Morgan fingerprint density at radius 2 is 1.85 bits per heavy atom. The molecule has 1 aromatic heterocycles. The van der Waals surface area contributed by atoms with Crippen molar-refractivity contribution >= 4 is 28.5 Å². The second kappa shape index (κ2) is 9.94. The fourth-order valence-corrected chi connectivity index (χ4v) is 4.13. The Hall–Kier alpha value is -3.88. The number of carbonyl (C=O) groups excluding carboxylic acids is 2. The summed E-state index contributed by atoms with van der Waals surface area (Å²) in [4.78, 5) is 43.9. The van der Waals surface area contributed by atoms with Crippen molar-refractivity contribution in [1.82, 2.24) is 9.55 Å². The number of hydrogen-bond donors (Lipinski definition) is 0. The predicted molar refractivity (Wildman–Crippen MR) is 126 cm³/mol. The molecule has 9 heteroatoms. The largest absolute Gasteiger partial charge is 0.493 e. The molecule has 1 amide bonds. The molecule has 0 N–H and O–H groups in total. The van der Waals surface area contributed by atoms with Gasteiger partial charge in [-0.25, -0.2) is 4.98 Å². The molecule has 34 heavy (non-hydrogen) atoms. The molecule has 1 aliphatic rings. The zero-order valence-corrected chi connectivity index (χ0v) is 19.4. The van der Waals surface area contributed by atoms with Crippen LogP contribution < -0.4 is 19.9 Å². The summed E-state index contributed by atoms with van der Waals surface area (Å²) in [5, 5.41) is 0.396. The summed E-state index contributed by atoms with van der Waals surface area (Å²) in [7, 11) is 3.01. The Morgan fingerprint density at radius 1 is 1.12 bits per heavy atom. The standard InChI is InChI=1S/C25H27N3O6/c1-16(24(30)28-12-10-17-7-4-5-8-20(17)28)34-23(29)9-6-11-27-15-26-19-14-22(33-3)21(32-2)13-18(19)25(27)31/h4-5,7-8,13-16H,6,9-12H2,1-3H3/t16-/m1/s1. The van der Waals surface area contributed by atoms with Gasteiger partial charge in [0.05, 0.1) is 31.4 Å². The highest BCUT2D eigenvalue weighted by Crippen LogP contribution is 2.30. The van der Waals surface area contributed by atoms with Crippen LogP contribution in [0.1, 0.15) is 25.3 Å². The number of nitrogens with zero attached hydrogens (tertiary/aromatic N) is 3. The SMILES string of the molecule is COc1cc2ncn(CCCC(=O)O[C@H](C)C(=O)N3CCc4ccccc43)c(=O)c2cc1OC. The number of ether oxygens (including phenoxy) is 3. The molecule has 178 valence electrons. The first-order valence-electron chi connectivity index (χ1n) is 11.1. The maximum Gasteiger partial charge on any atom is 0.306 e. The number of esters is 1. The number of aromatic nitrogens is 2. The third-order valence-corrected chi connectivity index (χ3v) is 5.92. The van der Waals surface area contributed by atoms with Crippen LogP contribution in [-0.4, -0.2) is 48.3 Å². The average Bonchev–Trinajstić information content (AvgIpc) is 3.28. The molecule has 0 radical (unpaired) electrons. The summed E-state index contributed by atoms with van der Waals surface area (Å²) in [6.07, 6.45) is 1.79. The summed E-state index contributed by atoms with van der Waals surface area (Å²) in [6.45, 7) is 2.45. The van der Waals surface area contributed by atoms with E-state index in [2.05, 4.69) is 4.98 Å². The quantitative estimate of drug-likeness (QED) is 0.472. The molecule has 1 aliphatic heterocycles. The highest BCUT2D eigenvalue weighted by Gasteiger charge is 2.29. The van der Waals surface area contributed by atoms with E-state index in [1.54, 1.807) is 24.0 Å². The van der Waals surface area contributed by atoms with Gasteiger partial charge in [0.2, 0.25) is 0 Å². The van der Waals surface area contributed by atoms with Crippen molar-refractivity contribution in [2.24, 2.45) is 0 Å². The number of para-hydroxylation sites is 1. The van der Waals surface area contributed by atoms with Crippen molar-refractivity contribution in [3.05, 3.63) is 58.6 Å². The van der Waals surface area contributed by atoms with E-state index in [0.29, 0.717) is 35.4 Å². The predicted octanol–water partition coefficient (Wildman–Crippen LogP) is 2.71. The number of benzene rings is 2. The minimum Gasteiger partial charge on any atom is -0.493 e. The summed E-state index contributed by atoms with van der Waals surface area (Å²) < 4.78 is 17.3. The number of methoxy groups -OCH3 is 2. The third kappa shape index (κ3) is 4.59. The fourth-order valence-electron chi connectivity index (χ4n) is 4.13. The molecular formula is C25H27N3O6. The maximum atomic E-state index is 12.8. The molecule has 0 bridgehead atoms. The minimum absolute atomic E-state index is 0.0740. The van der Waals surface area contributed by atoms with Crippen LogP contribution in [0.3, 0.4) is 0 Å². The number of anilines is 1. The van der Waals surface area contributed by atoms with Gasteiger partial charge in [0.15, 0.2) is 17.6 Å².